The zero-order valence-electron chi connectivity index (χ0n) is 12.2. The molecule has 110 valence electrons. The van der Waals surface area contributed by atoms with Crippen LogP contribution in [0.15, 0.2) is 59.5 Å². The fourth-order valence-corrected chi connectivity index (χ4v) is 2.80. The third-order valence-corrected chi connectivity index (χ3v) is 4.45. The molecule has 1 amide bonds. The molecule has 2 rings (SSSR count). The molecule has 2 aromatic carbocycles. The number of benzene rings is 2. The van der Waals surface area contributed by atoms with E-state index in [-0.39, 0.29) is 17.7 Å². The molecule has 4 heteroatoms. The summed E-state index contributed by atoms with van der Waals surface area (Å²) in [6.45, 7) is 1.98. The van der Waals surface area contributed by atoms with Crippen LogP contribution in [-0.2, 0) is 4.79 Å². The Kier molecular flexibility index (Phi) is 5.28. The van der Waals surface area contributed by atoms with Gasteiger partial charge in [-0.15, -0.1) is 11.8 Å². The molecule has 0 bridgehead atoms. The van der Waals surface area contributed by atoms with Crippen LogP contribution in [0.25, 0.3) is 0 Å². The predicted molar refractivity (Wildman–Crippen MR) is 86.5 cm³/mol. The maximum atomic E-state index is 12.3. The van der Waals surface area contributed by atoms with Crippen molar-refractivity contribution < 1.29 is 9.90 Å². The van der Waals surface area contributed by atoms with Gasteiger partial charge in [0, 0.05) is 11.9 Å². The minimum absolute atomic E-state index is 0.0190. The lowest BCUT2D eigenvalue weighted by Crippen LogP contribution is -2.31. The molecule has 0 heterocycles. The second kappa shape index (κ2) is 7.18. The number of carbonyl (C=O) groups excluding carboxylic acids is 1. The van der Waals surface area contributed by atoms with Crippen LogP contribution in [0, 0.1) is 0 Å². The molecule has 2 aromatic rings. The summed E-state index contributed by atoms with van der Waals surface area (Å²) < 4.78 is 0. The molecular formula is C17H19NO2S. The largest absolute Gasteiger partial charge is 0.508 e. The highest BCUT2D eigenvalue weighted by atomic mass is 32.2. The second-order valence-corrected chi connectivity index (χ2v) is 5.92. The van der Waals surface area contributed by atoms with Crippen molar-refractivity contribution in [2.24, 2.45) is 0 Å². The first kappa shape index (κ1) is 15.4. The average Bonchev–Trinajstić information content (AvgIpc) is 2.53. The minimum Gasteiger partial charge on any atom is -0.508 e. The monoisotopic (exact) mass is 301 g/mol. The number of hydrogen-bond acceptors (Lipinski definition) is 3. The summed E-state index contributed by atoms with van der Waals surface area (Å²) in [5.41, 5.74) is 1.01. The van der Waals surface area contributed by atoms with Gasteiger partial charge in [-0.3, -0.25) is 4.79 Å². The first-order valence-corrected chi connectivity index (χ1v) is 7.79. The number of nitrogens with zero attached hydrogens (tertiary/aromatic N) is 1. The van der Waals surface area contributed by atoms with Gasteiger partial charge in [0.1, 0.15) is 5.75 Å². The Balaban J connectivity index is 1.94. The number of phenols is 1. The maximum absolute atomic E-state index is 12.3. The van der Waals surface area contributed by atoms with Gasteiger partial charge in [-0.25, -0.2) is 0 Å². The van der Waals surface area contributed by atoms with E-state index < -0.39 is 0 Å². The number of hydrogen-bond donors (Lipinski definition) is 1. The van der Waals surface area contributed by atoms with E-state index in [4.69, 9.17) is 0 Å². The smallest absolute Gasteiger partial charge is 0.233 e. The van der Waals surface area contributed by atoms with Crippen LogP contribution in [0.3, 0.4) is 0 Å². The molecule has 1 N–H and O–H groups in total. The van der Waals surface area contributed by atoms with E-state index in [0.717, 1.165) is 10.5 Å². The molecule has 3 nitrogen and oxygen atoms in total. The lowest BCUT2D eigenvalue weighted by atomic mass is 10.1. The molecule has 0 spiro atoms. The fraction of sp³-hybridized carbons (Fsp3) is 0.235. The van der Waals surface area contributed by atoms with Crippen molar-refractivity contribution in [3.63, 3.8) is 0 Å². The van der Waals surface area contributed by atoms with Crippen LogP contribution < -0.4 is 0 Å². The molecule has 21 heavy (non-hydrogen) atoms. The fourth-order valence-electron chi connectivity index (χ4n) is 1.96. The quantitative estimate of drug-likeness (QED) is 0.856. The van der Waals surface area contributed by atoms with E-state index in [1.54, 1.807) is 28.8 Å². The Bertz CT molecular complexity index is 583. The predicted octanol–water partition coefficient (Wildman–Crippen LogP) is 3.70. The molecule has 0 radical (unpaired) electrons. The van der Waals surface area contributed by atoms with E-state index in [9.17, 15) is 9.90 Å². The summed E-state index contributed by atoms with van der Waals surface area (Å²) >= 11 is 1.54. The first-order valence-electron chi connectivity index (χ1n) is 6.80. The topological polar surface area (TPSA) is 40.5 Å². The van der Waals surface area contributed by atoms with Gasteiger partial charge in [-0.1, -0.05) is 30.3 Å². The summed E-state index contributed by atoms with van der Waals surface area (Å²) in [5, 5.41) is 9.31. The van der Waals surface area contributed by atoms with E-state index in [1.807, 2.05) is 56.4 Å². The number of thioether (sulfide) groups is 1. The average molecular weight is 301 g/mol. The van der Waals surface area contributed by atoms with Crippen molar-refractivity contribution in [3.8, 4) is 5.75 Å². The first-order chi connectivity index (χ1) is 10.1. The van der Waals surface area contributed by atoms with Gasteiger partial charge in [-0.05, 0) is 36.8 Å². The van der Waals surface area contributed by atoms with Gasteiger partial charge in [0.2, 0.25) is 5.91 Å². The van der Waals surface area contributed by atoms with Gasteiger partial charge >= 0.3 is 0 Å². The lowest BCUT2D eigenvalue weighted by Gasteiger charge is -2.25. The van der Waals surface area contributed by atoms with Crippen LogP contribution in [0.5, 0.6) is 5.75 Å². The van der Waals surface area contributed by atoms with Crippen LogP contribution >= 0.6 is 11.8 Å². The standard InChI is InChI=1S/C17H19NO2S/c1-13(14-8-10-15(19)11-9-14)18(2)17(20)12-21-16-6-4-3-5-7-16/h3-11,13,19H,12H2,1-2H3. The number of phenolic OH excluding ortho intramolecular Hbond substituents is 1. The SMILES string of the molecule is CC(c1ccc(O)cc1)N(C)C(=O)CSc1ccccc1. The highest BCUT2D eigenvalue weighted by Gasteiger charge is 2.17. The Morgan fingerprint density at radius 3 is 2.38 bits per heavy atom. The van der Waals surface area contributed by atoms with Crippen molar-refractivity contribution in [3.05, 3.63) is 60.2 Å². The molecule has 0 aliphatic carbocycles. The maximum Gasteiger partial charge on any atom is 0.233 e. The molecule has 1 atom stereocenters. The Morgan fingerprint density at radius 1 is 1.14 bits per heavy atom. The van der Waals surface area contributed by atoms with Crippen molar-refractivity contribution in [2.75, 3.05) is 12.8 Å². The number of carbonyl (C=O) groups is 1. The van der Waals surface area contributed by atoms with E-state index in [0.29, 0.717) is 5.75 Å². The number of aromatic hydroxyl groups is 1. The van der Waals surface area contributed by atoms with Crippen LogP contribution in [0.2, 0.25) is 0 Å². The van der Waals surface area contributed by atoms with Crippen molar-refractivity contribution in [2.45, 2.75) is 17.9 Å². The molecule has 0 saturated heterocycles. The van der Waals surface area contributed by atoms with E-state index in [2.05, 4.69) is 0 Å². The third kappa shape index (κ3) is 4.26. The molecular weight excluding hydrogens is 282 g/mol. The van der Waals surface area contributed by atoms with E-state index >= 15 is 0 Å². The van der Waals surface area contributed by atoms with Gasteiger partial charge in [0.15, 0.2) is 0 Å². The third-order valence-electron chi connectivity index (χ3n) is 3.46. The normalized spacial score (nSPS) is 11.9. The molecule has 0 fully saturated rings. The summed E-state index contributed by atoms with van der Waals surface area (Å²) in [4.78, 5) is 15.1. The zero-order valence-corrected chi connectivity index (χ0v) is 13.0. The Morgan fingerprint density at radius 2 is 1.76 bits per heavy atom. The molecule has 0 saturated carbocycles. The summed E-state index contributed by atoms with van der Waals surface area (Å²) in [7, 11) is 1.81. The van der Waals surface area contributed by atoms with Crippen LogP contribution in [0.4, 0.5) is 0 Å². The summed E-state index contributed by atoms with van der Waals surface area (Å²) in [5.74, 6) is 0.743. The highest BCUT2D eigenvalue weighted by molar-refractivity contribution is 8.00. The Labute approximate surface area is 129 Å². The van der Waals surface area contributed by atoms with Crippen molar-refractivity contribution >= 4 is 17.7 Å². The second-order valence-electron chi connectivity index (χ2n) is 4.87. The molecule has 0 aliphatic heterocycles. The van der Waals surface area contributed by atoms with Gasteiger partial charge in [0.25, 0.3) is 0 Å². The molecule has 0 aliphatic rings. The lowest BCUT2D eigenvalue weighted by molar-refractivity contribution is -0.128. The van der Waals surface area contributed by atoms with E-state index in [1.165, 1.54) is 0 Å². The van der Waals surface area contributed by atoms with Gasteiger partial charge in [0.05, 0.1) is 11.8 Å². The number of amides is 1. The van der Waals surface area contributed by atoms with Gasteiger partial charge in [-0.2, -0.15) is 0 Å². The van der Waals surface area contributed by atoms with Gasteiger partial charge < -0.3 is 10.0 Å². The minimum atomic E-state index is -0.0190. The van der Waals surface area contributed by atoms with Crippen molar-refractivity contribution in [1.29, 1.82) is 0 Å². The molecule has 1 unspecified atom stereocenters. The number of rotatable bonds is 5. The van der Waals surface area contributed by atoms with Crippen LogP contribution in [-0.4, -0.2) is 28.7 Å². The summed E-state index contributed by atoms with van der Waals surface area (Å²) in [6, 6.07) is 16.8. The molecule has 0 aromatic heterocycles. The zero-order chi connectivity index (χ0) is 15.2. The van der Waals surface area contributed by atoms with Crippen molar-refractivity contribution in [1.82, 2.24) is 4.90 Å². The van der Waals surface area contributed by atoms with Crippen LogP contribution in [0.1, 0.15) is 18.5 Å². The Hall–Kier alpha value is -1.94. The summed E-state index contributed by atoms with van der Waals surface area (Å²) in [6.07, 6.45) is 0. The highest BCUT2D eigenvalue weighted by Crippen LogP contribution is 2.23.